The molecule has 0 saturated carbocycles. The molecular formula is C18H22N4O2S. The zero-order valence-electron chi connectivity index (χ0n) is 14.3. The fourth-order valence-electron chi connectivity index (χ4n) is 4.02. The number of hydrogen-bond acceptors (Lipinski definition) is 5. The molecular weight excluding hydrogens is 336 g/mol. The monoisotopic (exact) mass is 358 g/mol. The molecule has 7 heteroatoms. The molecule has 1 fully saturated rings. The highest BCUT2D eigenvalue weighted by Crippen LogP contribution is 2.34. The highest BCUT2D eigenvalue weighted by atomic mass is 32.1. The number of aromatic nitrogens is 2. The number of pyridine rings is 1. The Balaban J connectivity index is 1.42. The first-order valence-corrected chi connectivity index (χ1v) is 9.60. The molecule has 2 aromatic rings. The van der Waals surface area contributed by atoms with E-state index in [1.165, 1.54) is 16.2 Å². The van der Waals surface area contributed by atoms with Gasteiger partial charge in [-0.3, -0.25) is 14.5 Å². The van der Waals surface area contributed by atoms with Crippen molar-refractivity contribution in [2.24, 2.45) is 5.92 Å². The highest BCUT2D eigenvalue weighted by Gasteiger charge is 2.34. The van der Waals surface area contributed by atoms with Gasteiger partial charge in [0, 0.05) is 48.4 Å². The molecule has 4 rings (SSSR count). The fourth-order valence-corrected chi connectivity index (χ4v) is 4.78. The number of likely N-dealkylation sites (tertiary alicyclic amines) is 1. The van der Waals surface area contributed by atoms with Crippen LogP contribution in [0.5, 0.6) is 0 Å². The Morgan fingerprint density at radius 2 is 2.24 bits per heavy atom. The Bertz CT molecular complexity index is 844. The largest absolute Gasteiger partial charge is 0.312 e. The van der Waals surface area contributed by atoms with Gasteiger partial charge >= 0.3 is 0 Å². The maximum Gasteiger partial charge on any atom is 0.250 e. The molecule has 25 heavy (non-hydrogen) atoms. The van der Waals surface area contributed by atoms with Crippen LogP contribution in [0.4, 0.5) is 5.13 Å². The van der Waals surface area contributed by atoms with Crippen LogP contribution in [-0.4, -0.2) is 40.0 Å². The molecule has 2 aliphatic heterocycles. The molecule has 1 amide bonds. The molecule has 0 radical (unpaired) electrons. The molecule has 132 valence electrons. The fraction of sp³-hybridized carbons (Fsp3) is 0.500. The normalized spacial score (nSPS) is 22.4. The summed E-state index contributed by atoms with van der Waals surface area (Å²) in [6, 6.07) is 5.52. The Kier molecular flexibility index (Phi) is 4.43. The Labute approximate surface area is 150 Å². The molecule has 0 aliphatic carbocycles. The number of rotatable bonds is 4. The molecule has 1 saturated heterocycles. The van der Waals surface area contributed by atoms with Crippen molar-refractivity contribution in [3.8, 4) is 0 Å². The van der Waals surface area contributed by atoms with E-state index >= 15 is 0 Å². The van der Waals surface area contributed by atoms with Gasteiger partial charge < -0.3 is 9.88 Å². The van der Waals surface area contributed by atoms with Crippen LogP contribution in [0.15, 0.2) is 29.2 Å². The third-order valence-electron chi connectivity index (χ3n) is 5.07. The van der Waals surface area contributed by atoms with Crippen molar-refractivity contribution in [1.82, 2.24) is 14.5 Å². The van der Waals surface area contributed by atoms with Crippen molar-refractivity contribution in [2.75, 3.05) is 25.0 Å². The Morgan fingerprint density at radius 1 is 1.36 bits per heavy atom. The van der Waals surface area contributed by atoms with E-state index < -0.39 is 0 Å². The third-order valence-corrected chi connectivity index (χ3v) is 6.13. The van der Waals surface area contributed by atoms with Gasteiger partial charge in [-0.25, -0.2) is 4.98 Å². The second-order valence-corrected chi connectivity index (χ2v) is 8.04. The second-order valence-electron chi connectivity index (χ2n) is 6.93. The van der Waals surface area contributed by atoms with Crippen LogP contribution in [0, 0.1) is 5.92 Å². The van der Waals surface area contributed by atoms with E-state index in [-0.39, 0.29) is 11.5 Å². The minimum Gasteiger partial charge on any atom is -0.312 e. The number of hydrogen-bond donors (Lipinski definition) is 1. The summed E-state index contributed by atoms with van der Waals surface area (Å²) in [5, 5.41) is 3.59. The van der Waals surface area contributed by atoms with Crippen molar-refractivity contribution >= 4 is 22.4 Å². The Hall–Kier alpha value is -1.99. The molecule has 2 aliphatic rings. The summed E-state index contributed by atoms with van der Waals surface area (Å²) in [5.41, 5.74) is 1.20. The van der Waals surface area contributed by atoms with Crippen LogP contribution < -0.4 is 10.9 Å². The average Bonchev–Trinajstić information content (AvgIpc) is 3.03. The van der Waals surface area contributed by atoms with Crippen LogP contribution in [0.2, 0.25) is 0 Å². The number of fused-ring (bicyclic) bond motifs is 4. The van der Waals surface area contributed by atoms with Crippen molar-refractivity contribution in [3.05, 3.63) is 45.3 Å². The van der Waals surface area contributed by atoms with Crippen molar-refractivity contribution < 1.29 is 4.79 Å². The summed E-state index contributed by atoms with van der Waals surface area (Å²) in [7, 11) is 0. The number of amides is 1. The number of carbonyl (C=O) groups is 1. The lowest BCUT2D eigenvalue weighted by Crippen LogP contribution is -2.49. The van der Waals surface area contributed by atoms with E-state index in [1.54, 1.807) is 6.07 Å². The lowest BCUT2D eigenvalue weighted by molar-refractivity contribution is -0.117. The smallest absolute Gasteiger partial charge is 0.250 e. The number of piperidine rings is 1. The van der Waals surface area contributed by atoms with Gasteiger partial charge in [0.05, 0.1) is 6.54 Å². The van der Waals surface area contributed by atoms with Gasteiger partial charge in [0.25, 0.3) is 5.56 Å². The minimum absolute atomic E-state index is 0.0116. The van der Waals surface area contributed by atoms with Gasteiger partial charge in [0.15, 0.2) is 5.13 Å². The van der Waals surface area contributed by atoms with Gasteiger partial charge in [-0.15, -0.1) is 11.3 Å². The standard InChI is InChI=1S/C18H22N4O2S/c1-2-14-7-19-18(25-14)20-16(23)11-21-8-12-6-13(10-21)15-4-3-5-17(24)22(15)9-12/h3-5,7,12-13H,2,6,8-11H2,1H3,(H,19,20,23)/t12-,13+/m1/s1. The summed E-state index contributed by atoms with van der Waals surface area (Å²) < 4.78 is 1.91. The van der Waals surface area contributed by atoms with E-state index in [0.29, 0.717) is 23.5 Å². The molecule has 0 aromatic carbocycles. The summed E-state index contributed by atoms with van der Waals surface area (Å²) in [6.45, 7) is 4.91. The number of anilines is 1. The number of carbonyl (C=O) groups excluding carboxylic acids is 1. The predicted molar refractivity (Wildman–Crippen MR) is 98.1 cm³/mol. The zero-order valence-corrected chi connectivity index (χ0v) is 15.1. The van der Waals surface area contributed by atoms with E-state index in [4.69, 9.17) is 0 Å². The van der Waals surface area contributed by atoms with Gasteiger partial charge in [0.1, 0.15) is 0 Å². The van der Waals surface area contributed by atoms with Gasteiger partial charge in [0.2, 0.25) is 5.91 Å². The van der Waals surface area contributed by atoms with E-state index in [2.05, 4.69) is 22.1 Å². The van der Waals surface area contributed by atoms with Crippen LogP contribution in [0.1, 0.15) is 29.8 Å². The molecule has 1 N–H and O–H groups in total. The van der Waals surface area contributed by atoms with Gasteiger partial charge in [-0.1, -0.05) is 13.0 Å². The molecule has 6 nitrogen and oxygen atoms in total. The summed E-state index contributed by atoms with van der Waals surface area (Å²) in [6.07, 6.45) is 3.86. The van der Waals surface area contributed by atoms with Crippen LogP contribution >= 0.6 is 11.3 Å². The van der Waals surface area contributed by atoms with Crippen LogP contribution in [-0.2, 0) is 17.8 Å². The van der Waals surface area contributed by atoms with Crippen LogP contribution in [0.25, 0.3) is 0 Å². The number of thiazole rings is 1. The highest BCUT2D eigenvalue weighted by molar-refractivity contribution is 7.15. The maximum atomic E-state index is 12.4. The lowest BCUT2D eigenvalue weighted by atomic mass is 9.83. The van der Waals surface area contributed by atoms with Crippen LogP contribution in [0.3, 0.4) is 0 Å². The molecule has 0 unspecified atom stereocenters. The van der Waals surface area contributed by atoms with Gasteiger partial charge in [-0.2, -0.15) is 0 Å². The summed E-state index contributed by atoms with van der Waals surface area (Å²) >= 11 is 1.53. The molecule has 2 atom stereocenters. The molecule has 0 spiro atoms. The maximum absolute atomic E-state index is 12.4. The third kappa shape index (κ3) is 3.39. The van der Waals surface area contributed by atoms with E-state index in [1.807, 2.05) is 22.9 Å². The number of aryl methyl sites for hydroxylation is 1. The van der Waals surface area contributed by atoms with Crippen molar-refractivity contribution in [2.45, 2.75) is 32.2 Å². The summed E-state index contributed by atoms with van der Waals surface area (Å²) in [4.78, 5) is 32.0. The first-order valence-electron chi connectivity index (χ1n) is 8.79. The first kappa shape index (κ1) is 16.5. The van der Waals surface area contributed by atoms with Crippen molar-refractivity contribution in [1.29, 1.82) is 0 Å². The Morgan fingerprint density at radius 3 is 3.04 bits per heavy atom. The lowest BCUT2D eigenvalue weighted by Gasteiger charge is -2.42. The van der Waals surface area contributed by atoms with Gasteiger partial charge in [-0.05, 0) is 24.8 Å². The average molecular weight is 358 g/mol. The zero-order chi connectivity index (χ0) is 17.4. The number of nitrogens with one attached hydrogen (secondary N) is 1. The topological polar surface area (TPSA) is 67.2 Å². The number of nitrogens with zero attached hydrogens (tertiary/aromatic N) is 3. The van der Waals surface area contributed by atoms with E-state index in [0.717, 1.165) is 38.2 Å². The molecule has 4 heterocycles. The minimum atomic E-state index is -0.0116. The van der Waals surface area contributed by atoms with Crippen molar-refractivity contribution in [3.63, 3.8) is 0 Å². The predicted octanol–water partition coefficient (Wildman–Crippen LogP) is 1.93. The SMILES string of the molecule is CCc1cnc(NC(=O)CN2C[C@H]3C[C@@H](C2)c2cccc(=O)n2C3)s1. The quantitative estimate of drug-likeness (QED) is 0.907. The first-order chi connectivity index (χ1) is 12.1. The van der Waals surface area contributed by atoms with E-state index in [9.17, 15) is 9.59 Å². The summed E-state index contributed by atoms with van der Waals surface area (Å²) in [5.74, 6) is 0.758. The molecule has 2 bridgehead atoms. The molecule has 2 aromatic heterocycles. The second kappa shape index (κ2) is 6.72.